The van der Waals surface area contributed by atoms with Crippen molar-refractivity contribution in [3.8, 4) is 0 Å². The molecule has 1 aliphatic heterocycles. The van der Waals surface area contributed by atoms with Crippen LogP contribution in [-0.2, 0) is 4.79 Å². The van der Waals surface area contributed by atoms with Crippen molar-refractivity contribution in [2.75, 3.05) is 27.2 Å². The molecule has 1 aromatic rings. The van der Waals surface area contributed by atoms with Crippen molar-refractivity contribution in [2.24, 2.45) is 17.6 Å². The number of nitrogens with two attached hydrogens (primary N) is 1. The van der Waals surface area contributed by atoms with Crippen LogP contribution in [0.25, 0.3) is 0 Å². The van der Waals surface area contributed by atoms with E-state index in [0.29, 0.717) is 17.9 Å². The van der Waals surface area contributed by atoms with E-state index in [1.807, 2.05) is 25.1 Å². The van der Waals surface area contributed by atoms with Gasteiger partial charge in [0.15, 0.2) is 0 Å². The van der Waals surface area contributed by atoms with Gasteiger partial charge in [-0.3, -0.25) is 9.69 Å². The van der Waals surface area contributed by atoms with Crippen LogP contribution in [0, 0.1) is 18.8 Å². The molecule has 2 aliphatic rings. The van der Waals surface area contributed by atoms with Gasteiger partial charge in [-0.2, -0.15) is 0 Å². The maximum absolute atomic E-state index is 13.1. The van der Waals surface area contributed by atoms with E-state index < -0.39 is 0 Å². The topological polar surface area (TPSA) is 49.6 Å². The summed E-state index contributed by atoms with van der Waals surface area (Å²) >= 11 is 0. The second kappa shape index (κ2) is 6.01. The van der Waals surface area contributed by atoms with Gasteiger partial charge >= 0.3 is 0 Å². The number of aryl methyl sites for hydroxylation is 1. The Morgan fingerprint density at radius 3 is 2.45 bits per heavy atom. The molecule has 4 atom stereocenters. The van der Waals surface area contributed by atoms with Crippen molar-refractivity contribution < 1.29 is 4.79 Å². The van der Waals surface area contributed by atoms with Crippen LogP contribution in [-0.4, -0.2) is 48.9 Å². The van der Waals surface area contributed by atoms with Crippen LogP contribution in [0.5, 0.6) is 0 Å². The van der Waals surface area contributed by atoms with Crippen LogP contribution in [0.3, 0.4) is 0 Å². The predicted octanol–water partition coefficient (Wildman–Crippen LogP) is 1.79. The van der Waals surface area contributed by atoms with Crippen LogP contribution in [0.1, 0.15) is 30.0 Å². The zero-order valence-corrected chi connectivity index (χ0v) is 13.8. The van der Waals surface area contributed by atoms with Crippen LogP contribution in [0.15, 0.2) is 24.3 Å². The molecule has 4 heteroatoms. The summed E-state index contributed by atoms with van der Waals surface area (Å²) in [6.45, 7) is 3.72. The van der Waals surface area contributed by atoms with Gasteiger partial charge in [-0.25, -0.2) is 0 Å². The van der Waals surface area contributed by atoms with Crippen molar-refractivity contribution >= 4 is 5.91 Å². The minimum Gasteiger partial charge on any atom is -0.340 e. The van der Waals surface area contributed by atoms with Gasteiger partial charge in [-0.05, 0) is 51.3 Å². The Balaban J connectivity index is 1.82. The number of rotatable bonds is 3. The number of hydrogen-bond donors (Lipinski definition) is 1. The van der Waals surface area contributed by atoms with Gasteiger partial charge in [0.25, 0.3) is 0 Å². The van der Waals surface area contributed by atoms with E-state index in [-0.39, 0.29) is 11.9 Å². The van der Waals surface area contributed by atoms with Crippen molar-refractivity contribution in [1.29, 1.82) is 0 Å². The average Bonchev–Trinajstić information content (AvgIpc) is 2.69. The lowest BCUT2D eigenvalue weighted by Gasteiger charge is -2.39. The smallest absolute Gasteiger partial charge is 0.244 e. The lowest BCUT2D eigenvalue weighted by molar-refractivity contribution is -0.138. The van der Waals surface area contributed by atoms with Crippen molar-refractivity contribution in [2.45, 2.75) is 31.8 Å². The van der Waals surface area contributed by atoms with Crippen LogP contribution >= 0.6 is 0 Å². The van der Waals surface area contributed by atoms with Gasteiger partial charge in [-0.15, -0.1) is 0 Å². The van der Waals surface area contributed by atoms with E-state index in [1.165, 1.54) is 18.4 Å². The van der Waals surface area contributed by atoms with Gasteiger partial charge in [0.2, 0.25) is 5.91 Å². The molecule has 1 aliphatic carbocycles. The Labute approximate surface area is 133 Å². The molecule has 1 saturated carbocycles. The molecule has 120 valence electrons. The summed E-state index contributed by atoms with van der Waals surface area (Å²) < 4.78 is 0. The summed E-state index contributed by atoms with van der Waals surface area (Å²) in [6, 6.07) is 8.37. The van der Waals surface area contributed by atoms with Gasteiger partial charge in [0.05, 0.1) is 0 Å². The van der Waals surface area contributed by atoms with E-state index >= 15 is 0 Å². The number of carbonyl (C=O) groups excluding carboxylic acids is 1. The molecule has 2 bridgehead atoms. The Hall–Kier alpha value is -1.39. The summed E-state index contributed by atoms with van der Waals surface area (Å²) in [6.07, 6.45) is 2.35. The fourth-order valence-electron chi connectivity index (χ4n) is 4.12. The number of hydrogen-bond acceptors (Lipinski definition) is 3. The van der Waals surface area contributed by atoms with Gasteiger partial charge in [0, 0.05) is 19.1 Å². The van der Waals surface area contributed by atoms with Crippen LogP contribution in [0.2, 0.25) is 0 Å². The number of benzene rings is 1. The quantitative estimate of drug-likeness (QED) is 0.926. The van der Waals surface area contributed by atoms with E-state index in [9.17, 15) is 4.79 Å². The standard InChI is InChI=1S/C18H27N3O/c1-12-5-4-6-13(9-12)17(20(2)3)18(22)21-10-14-7-8-15(11-21)16(14)19/h4-6,9,14-17H,7-8,10-11,19H2,1-3H3/t14-,15+,16?,17-/m0/s1. The summed E-state index contributed by atoms with van der Waals surface area (Å²) in [4.78, 5) is 17.2. The van der Waals surface area contributed by atoms with Gasteiger partial charge in [-0.1, -0.05) is 29.8 Å². The Morgan fingerprint density at radius 2 is 1.91 bits per heavy atom. The molecule has 1 aromatic carbocycles. The molecule has 22 heavy (non-hydrogen) atoms. The van der Waals surface area contributed by atoms with Gasteiger partial charge in [0.1, 0.15) is 6.04 Å². The number of amides is 1. The molecule has 1 unspecified atom stereocenters. The summed E-state index contributed by atoms with van der Waals surface area (Å²) in [5.74, 6) is 1.20. The molecule has 0 radical (unpaired) electrons. The highest BCUT2D eigenvalue weighted by atomic mass is 16.2. The number of piperidine rings is 1. The fourth-order valence-corrected chi connectivity index (χ4v) is 4.12. The molecule has 0 spiro atoms. The Morgan fingerprint density at radius 1 is 1.27 bits per heavy atom. The lowest BCUT2D eigenvalue weighted by atomic mass is 9.92. The first-order chi connectivity index (χ1) is 10.5. The van der Waals surface area contributed by atoms with E-state index in [4.69, 9.17) is 5.73 Å². The second-order valence-electron chi connectivity index (χ2n) is 7.20. The van der Waals surface area contributed by atoms with Crippen molar-refractivity contribution in [1.82, 2.24) is 9.80 Å². The van der Waals surface area contributed by atoms with Crippen molar-refractivity contribution in [3.63, 3.8) is 0 Å². The largest absolute Gasteiger partial charge is 0.340 e. The Kier molecular flexibility index (Phi) is 4.24. The Bertz CT molecular complexity index is 543. The van der Waals surface area contributed by atoms with Crippen LogP contribution in [0.4, 0.5) is 0 Å². The molecule has 1 amide bonds. The van der Waals surface area contributed by atoms with E-state index in [0.717, 1.165) is 18.7 Å². The predicted molar refractivity (Wildman–Crippen MR) is 88.4 cm³/mol. The van der Waals surface area contributed by atoms with E-state index in [1.54, 1.807) is 0 Å². The second-order valence-corrected chi connectivity index (χ2v) is 7.20. The number of likely N-dealkylation sites (tertiary alicyclic amines) is 1. The molecule has 1 heterocycles. The summed E-state index contributed by atoms with van der Waals surface area (Å²) in [5, 5.41) is 0. The molecular weight excluding hydrogens is 274 g/mol. The third-order valence-electron chi connectivity index (χ3n) is 5.33. The minimum absolute atomic E-state index is 0.200. The number of likely N-dealkylation sites (N-methyl/N-ethyl adjacent to an activating group) is 1. The first-order valence-electron chi connectivity index (χ1n) is 8.24. The maximum Gasteiger partial charge on any atom is 0.244 e. The maximum atomic E-state index is 13.1. The lowest BCUT2D eigenvalue weighted by Crippen LogP contribution is -2.53. The average molecular weight is 301 g/mol. The number of fused-ring (bicyclic) bond motifs is 2. The SMILES string of the molecule is Cc1cccc([C@@H](C(=O)N2C[C@H]3CC[C@@H](C2)C3N)N(C)C)c1. The molecule has 2 N–H and O–H groups in total. The zero-order chi connectivity index (χ0) is 15.9. The zero-order valence-electron chi connectivity index (χ0n) is 13.8. The highest BCUT2D eigenvalue weighted by Gasteiger charge is 2.42. The van der Waals surface area contributed by atoms with Crippen molar-refractivity contribution in [3.05, 3.63) is 35.4 Å². The normalized spacial score (nSPS) is 29.0. The molecule has 3 rings (SSSR count). The fraction of sp³-hybridized carbons (Fsp3) is 0.611. The monoisotopic (exact) mass is 301 g/mol. The summed E-state index contributed by atoms with van der Waals surface area (Å²) in [5.41, 5.74) is 8.54. The highest BCUT2D eigenvalue weighted by molar-refractivity contribution is 5.83. The van der Waals surface area contributed by atoms with E-state index in [2.05, 4.69) is 30.0 Å². The number of carbonyl (C=O) groups is 1. The molecule has 0 aromatic heterocycles. The third-order valence-corrected chi connectivity index (χ3v) is 5.33. The third kappa shape index (κ3) is 2.77. The van der Waals surface area contributed by atoms with Gasteiger partial charge < -0.3 is 10.6 Å². The number of nitrogens with zero attached hydrogens (tertiary/aromatic N) is 2. The molecule has 1 saturated heterocycles. The van der Waals surface area contributed by atoms with Crippen LogP contribution < -0.4 is 5.73 Å². The first-order valence-corrected chi connectivity index (χ1v) is 8.24. The molecular formula is C18H27N3O. The molecule has 2 fully saturated rings. The summed E-state index contributed by atoms with van der Waals surface area (Å²) in [7, 11) is 3.96. The molecule has 4 nitrogen and oxygen atoms in total. The first kappa shape index (κ1) is 15.5. The minimum atomic E-state index is -0.200. The highest BCUT2D eigenvalue weighted by Crippen LogP contribution is 2.37.